The van der Waals surface area contributed by atoms with Crippen LogP contribution in [0.3, 0.4) is 0 Å². The van der Waals surface area contributed by atoms with Crippen molar-refractivity contribution < 1.29 is 27.9 Å². The number of rotatable bonds is 5. The minimum Gasteiger partial charge on any atom is -0.409 e. The molecule has 0 aromatic carbocycles. The van der Waals surface area contributed by atoms with Gasteiger partial charge in [-0.3, -0.25) is 9.89 Å². The van der Waals surface area contributed by atoms with E-state index in [0.717, 1.165) is 0 Å². The van der Waals surface area contributed by atoms with E-state index in [4.69, 9.17) is 10.9 Å². The van der Waals surface area contributed by atoms with Crippen molar-refractivity contribution in [2.24, 2.45) is 10.9 Å². The number of halogens is 3. The van der Waals surface area contributed by atoms with Crippen molar-refractivity contribution in [2.45, 2.75) is 6.18 Å². The standard InChI is InChI=1S/C8H10F3N5O3/c9-8(10,11)3-19-2-5(17)14-7-4(1-13-15-7)6(12)16-18/h1,18H,2-3H2,(H2,12,16)(H2,13,14,15,17). The first-order chi connectivity index (χ1) is 8.83. The van der Waals surface area contributed by atoms with Crippen LogP contribution in [0.1, 0.15) is 5.56 Å². The van der Waals surface area contributed by atoms with Gasteiger partial charge in [-0.15, -0.1) is 0 Å². The van der Waals surface area contributed by atoms with Crippen LogP contribution in [0.5, 0.6) is 0 Å². The summed E-state index contributed by atoms with van der Waals surface area (Å²) in [6.45, 7) is -2.33. The summed E-state index contributed by atoms with van der Waals surface area (Å²) in [5.74, 6) is -1.18. The third kappa shape index (κ3) is 4.83. The van der Waals surface area contributed by atoms with Gasteiger partial charge in [0.25, 0.3) is 5.91 Å². The average molecular weight is 281 g/mol. The van der Waals surface area contributed by atoms with Gasteiger partial charge in [0.15, 0.2) is 5.84 Å². The number of nitrogens with two attached hydrogens (primary N) is 1. The highest BCUT2D eigenvalue weighted by Gasteiger charge is 2.27. The Kier molecular flexibility index (Phi) is 4.69. The highest BCUT2D eigenvalue weighted by Crippen LogP contribution is 2.14. The van der Waals surface area contributed by atoms with E-state index >= 15 is 0 Å². The maximum atomic E-state index is 11.8. The Morgan fingerprint density at radius 1 is 1.63 bits per heavy atom. The van der Waals surface area contributed by atoms with Crippen molar-refractivity contribution in [3.8, 4) is 0 Å². The van der Waals surface area contributed by atoms with Gasteiger partial charge in [0.2, 0.25) is 0 Å². The third-order valence-electron chi connectivity index (χ3n) is 1.79. The molecule has 0 spiro atoms. The summed E-state index contributed by atoms with van der Waals surface area (Å²) in [4.78, 5) is 11.3. The number of hydrogen-bond donors (Lipinski definition) is 4. The number of aromatic nitrogens is 2. The Bertz CT molecular complexity index is 470. The van der Waals surface area contributed by atoms with E-state index in [1.54, 1.807) is 0 Å². The molecule has 0 atom stereocenters. The van der Waals surface area contributed by atoms with Crippen molar-refractivity contribution in [3.63, 3.8) is 0 Å². The van der Waals surface area contributed by atoms with Crippen LogP contribution in [0.4, 0.5) is 19.0 Å². The Morgan fingerprint density at radius 3 is 2.89 bits per heavy atom. The van der Waals surface area contributed by atoms with Crippen molar-refractivity contribution in [1.82, 2.24) is 10.2 Å². The predicted octanol–water partition coefficient (Wildman–Crippen LogP) is 0.0216. The number of nitrogens with zero attached hydrogens (tertiary/aromatic N) is 2. The van der Waals surface area contributed by atoms with E-state index in [9.17, 15) is 18.0 Å². The maximum Gasteiger partial charge on any atom is 0.411 e. The van der Waals surface area contributed by atoms with Crippen LogP contribution in [0.25, 0.3) is 0 Å². The van der Waals surface area contributed by atoms with E-state index < -0.39 is 25.3 Å². The molecule has 1 aromatic rings. The SMILES string of the molecule is NC(=NO)c1cn[nH]c1NC(=O)COCC(F)(F)F. The van der Waals surface area contributed by atoms with Crippen molar-refractivity contribution in [2.75, 3.05) is 18.5 Å². The lowest BCUT2D eigenvalue weighted by Gasteiger charge is -2.08. The molecular weight excluding hydrogens is 271 g/mol. The second-order valence-electron chi connectivity index (χ2n) is 3.30. The molecule has 0 radical (unpaired) electrons. The summed E-state index contributed by atoms with van der Waals surface area (Å²) < 4.78 is 39.5. The van der Waals surface area contributed by atoms with Gasteiger partial charge in [-0.2, -0.15) is 18.3 Å². The second-order valence-corrected chi connectivity index (χ2v) is 3.30. The van der Waals surface area contributed by atoms with Crippen LogP contribution in [0, 0.1) is 0 Å². The normalized spacial score (nSPS) is 12.5. The van der Waals surface area contributed by atoms with Crippen molar-refractivity contribution in [3.05, 3.63) is 11.8 Å². The summed E-state index contributed by atoms with van der Waals surface area (Å²) in [6.07, 6.45) is -3.34. The molecule has 0 aliphatic rings. The number of nitrogens with one attached hydrogen (secondary N) is 2. The number of anilines is 1. The number of carbonyl (C=O) groups excluding carboxylic acids is 1. The first-order valence-electron chi connectivity index (χ1n) is 4.79. The quantitative estimate of drug-likeness (QED) is 0.262. The van der Waals surface area contributed by atoms with Gasteiger partial charge in [-0.25, -0.2) is 0 Å². The van der Waals surface area contributed by atoms with E-state index in [1.165, 1.54) is 6.20 Å². The first kappa shape index (κ1) is 14.8. The molecule has 1 rings (SSSR count). The number of amidine groups is 1. The minimum absolute atomic E-state index is 0.0177. The molecule has 5 N–H and O–H groups in total. The molecule has 0 unspecified atom stereocenters. The fraction of sp³-hybridized carbons (Fsp3) is 0.375. The van der Waals surface area contributed by atoms with E-state index in [0.29, 0.717) is 0 Å². The summed E-state index contributed by atoms with van der Waals surface area (Å²) in [5.41, 5.74) is 5.37. The highest BCUT2D eigenvalue weighted by atomic mass is 19.4. The molecule has 1 aromatic heterocycles. The van der Waals surface area contributed by atoms with Crippen LogP contribution >= 0.6 is 0 Å². The predicted molar refractivity (Wildman–Crippen MR) is 56.6 cm³/mol. The number of ether oxygens (including phenoxy) is 1. The number of amides is 1. The number of carbonyl (C=O) groups is 1. The van der Waals surface area contributed by atoms with Gasteiger partial charge in [-0.05, 0) is 0 Å². The smallest absolute Gasteiger partial charge is 0.409 e. The molecule has 11 heteroatoms. The lowest BCUT2D eigenvalue weighted by Crippen LogP contribution is -2.25. The van der Waals surface area contributed by atoms with Crippen molar-refractivity contribution >= 4 is 17.6 Å². The monoisotopic (exact) mass is 281 g/mol. The minimum atomic E-state index is -4.51. The number of alkyl halides is 3. The second kappa shape index (κ2) is 6.04. The van der Waals surface area contributed by atoms with Crippen LogP contribution in [0.2, 0.25) is 0 Å². The number of aromatic amines is 1. The zero-order valence-electron chi connectivity index (χ0n) is 9.36. The van der Waals surface area contributed by atoms with Crippen LogP contribution in [-0.2, 0) is 9.53 Å². The van der Waals surface area contributed by atoms with Gasteiger partial charge in [0, 0.05) is 0 Å². The summed E-state index contributed by atoms with van der Waals surface area (Å²) in [5, 5.41) is 19.2. The topological polar surface area (TPSA) is 126 Å². The van der Waals surface area contributed by atoms with Gasteiger partial charge in [0.1, 0.15) is 19.0 Å². The molecular formula is C8H10F3N5O3. The molecule has 0 aliphatic heterocycles. The fourth-order valence-electron chi connectivity index (χ4n) is 1.06. The molecule has 19 heavy (non-hydrogen) atoms. The van der Waals surface area contributed by atoms with E-state index in [2.05, 4.69) is 25.4 Å². The third-order valence-corrected chi connectivity index (χ3v) is 1.79. The number of hydrogen-bond acceptors (Lipinski definition) is 5. The zero-order valence-corrected chi connectivity index (χ0v) is 9.36. The van der Waals surface area contributed by atoms with Crippen LogP contribution in [0.15, 0.2) is 11.4 Å². The molecule has 0 aliphatic carbocycles. The molecule has 0 fully saturated rings. The molecule has 0 saturated heterocycles. The first-order valence-corrected chi connectivity index (χ1v) is 4.79. The Hall–Kier alpha value is -2.30. The molecule has 8 nitrogen and oxygen atoms in total. The molecule has 0 saturated carbocycles. The molecule has 1 amide bonds. The maximum absolute atomic E-state index is 11.8. The van der Waals surface area contributed by atoms with Gasteiger partial charge in [-0.1, -0.05) is 5.16 Å². The van der Waals surface area contributed by atoms with Gasteiger partial charge < -0.3 is 21.0 Å². The summed E-state index contributed by atoms with van der Waals surface area (Å²) >= 11 is 0. The van der Waals surface area contributed by atoms with E-state index in [-0.39, 0.29) is 17.2 Å². The van der Waals surface area contributed by atoms with Crippen molar-refractivity contribution in [1.29, 1.82) is 0 Å². The number of H-pyrrole nitrogens is 1. The average Bonchev–Trinajstić information content (AvgIpc) is 2.74. The lowest BCUT2D eigenvalue weighted by molar-refractivity contribution is -0.174. The lowest BCUT2D eigenvalue weighted by atomic mass is 10.3. The molecule has 0 bridgehead atoms. The van der Waals surface area contributed by atoms with Gasteiger partial charge >= 0.3 is 6.18 Å². The Morgan fingerprint density at radius 2 is 2.32 bits per heavy atom. The highest BCUT2D eigenvalue weighted by molar-refractivity contribution is 6.04. The summed E-state index contributed by atoms with van der Waals surface area (Å²) in [7, 11) is 0. The largest absolute Gasteiger partial charge is 0.411 e. The Balaban J connectivity index is 2.52. The molecule has 106 valence electrons. The van der Waals surface area contributed by atoms with E-state index in [1.807, 2.05) is 0 Å². The van der Waals surface area contributed by atoms with Crippen LogP contribution < -0.4 is 11.1 Å². The number of oxime groups is 1. The van der Waals surface area contributed by atoms with Gasteiger partial charge in [0.05, 0.1) is 11.8 Å². The Labute approximate surface area is 104 Å². The van der Waals surface area contributed by atoms with Crippen LogP contribution in [-0.4, -0.2) is 46.5 Å². The summed E-state index contributed by atoms with van der Waals surface area (Å²) in [6, 6.07) is 0. The zero-order chi connectivity index (χ0) is 14.5. The fourth-order valence-corrected chi connectivity index (χ4v) is 1.06. The molecule has 1 heterocycles.